The van der Waals surface area contributed by atoms with Gasteiger partial charge in [0.15, 0.2) is 0 Å². The van der Waals surface area contributed by atoms with Gasteiger partial charge in [0, 0.05) is 5.38 Å². The van der Waals surface area contributed by atoms with Crippen molar-refractivity contribution in [2.24, 2.45) is 0 Å². The van der Waals surface area contributed by atoms with Crippen LogP contribution in [0, 0.1) is 13.8 Å². The largest absolute Gasteiger partial charge is 0.246 e. The van der Waals surface area contributed by atoms with Crippen LogP contribution in [0.15, 0.2) is 27.9 Å². The van der Waals surface area contributed by atoms with Gasteiger partial charge >= 0.3 is 0 Å². The van der Waals surface area contributed by atoms with E-state index in [0.717, 1.165) is 20.8 Å². The minimum atomic E-state index is -3.42. The number of fused-ring (bicyclic) bond motifs is 1. The SMILES string of the molecule is Cc1ccc2sc(S(=O)(=O)Cc3csc(C)n3)nc2c1. The number of nitrogens with zero attached hydrogens (tertiary/aromatic N) is 2. The maximum atomic E-state index is 12.4. The zero-order valence-corrected chi connectivity index (χ0v) is 13.4. The van der Waals surface area contributed by atoms with Gasteiger partial charge in [0.25, 0.3) is 0 Å². The van der Waals surface area contributed by atoms with Gasteiger partial charge in [0.1, 0.15) is 5.75 Å². The lowest BCUT2D eigenvalue weighted by Crippen LogP contribution is -2.04. The summed E-state index contributed by atoms with van der Waals surface area (Å²) in [6.07, 6.45) is 0. The molecule has 1 aromatic carbocycles. The van der Waals surface area contributed by atoms with Crippen LogP contribution in [-0.2, 0) is 15.6 Å². The summed E-state index contributed by atoms with van der Waals surface area (Å²) in [4.78, 5) is 8.46. The first kappa shape index (κ1) is 13.7. The van der Waals surface area contributed by atoms with Crippen LogP contribution in [0.3, 0.4) is 0 Å². The third kappa shape index (κ3) is 2.61. The first-order valence-electron chi connectivity index (χ1n) is 5.95. The van der Waals surface area contributed by atoms with Crippen molar-refractivity contribution in [1.29, 1.82) is 0 Å². The Balaban J connectivity index is 2.00. The van der Waals surface area contributed by atoms with E-state index in [9.17, 15) is 8.42 Å². The fraction of sp³-hybridized carbons (Fsp3) is 0.231. The van der Waals surface area contributed by atoms with Gasteiger partial charge in [-0.05, 0) is 31.5 Å². The lowest BCUT2D eigenvalue weighted by atomic mass is 10.2. The number of benzene rings is 1. The Morgan fingerprint density at radius 2 is 2.00 bits per heavy atom. The fourth-order valence-electron chi connectivity index (χ4n) is 1.88. The summed E-state index contributed by atoms with van der Waals surface area (Å²) >= 11 is 2.67. The second-order valence-electron chi connectivity index (χ2n) is 4.57. The number of sulfone groups is 1. The Kier molecular flexibility index (Phi) is 3.35. The molecular weight excluding hydrogens is 312 g/mol. The van der Waals surface area contributed by atoms with E-state index in [1.165, 1.54) is 22.7 Å². The van der Waals surface area contributed by atoms with Gasteiger partial charge in [-0.2, -0.15) is 0 Å². The van der Waals surface area contributed by atoms with Gasteiger partial charge in [0.2, 0.25) is 14.2 Å². The highest BCUT2D eigenvalue weighted by atomic mass is 32.2. The molecule has 3 rings (SSSR count). The van der Waals surface area contributed by atoms with E-state index in [2.05, 4.69) is 9.97 Å². The number of hydrogen-bond donors (Lipinski definition) is 0. The molecule has 0 N–H and O–H groups in total. The van der Waals surface area contributed by atoms with Gasteiger partial charge in [0.05, 0.1) is 20.9 Å². The van der Waals surface area contributed by atoms with Crippen molar-refractivity contribution in [3.05, 3.63) is 39.8 Å². The van der Waals surface area contributed by atoms with Crippen molar-refractivity contribution in [3.63, 3.8) is 0 Å². The van der Waals surface area contributed by atoms with E-state index in [4.69, 9.17) is 0 Å². The first-order valence-corrected chi connectivity index (χ1v) is 9.30. The molecule has 3 aromatic rings. The van der Waals surface area contributed by atoms with E-state index in [1.807, 2.05) is 32.0 Å². The van der Waals surface area contributed by atoms with Gasteiger partial charge in [-0.1, -0.05) is 6.07 Å². The highest BCUT2D eigenvalue weighted by Crippen LogP contribution is 2.28. The molecule has 0 aliphatic carbocycles. The standard InChI is InChI=1S/C13H12N2O2S3/c1-8-3-4-12-11(5-8)15-13(19-12)20(16,17)7-10-6-18-9(2)14-10/h3-6H,7H2,1-2H3. The molecular formula is C13H12N2O2S3. The van der Waals surface area contributed by atoms with E-state index in [1.54, 1.807) is 5.38 Å². The van der Waals surface area contributed by atoms with Crippen molar-refractivity contribution in [1.82, 2.24) is 9.97 Å². The van der Waals surface area contributed by atoms with Crippen LogP contribution < -0.4 is 0 Å². The molecule has 0 saturated carbocycles. The normalized spacial score (nSPS) is 12.1. The Bertz CT molecular complexity index is 878. The number of aromatic nitrogens is 2. The molecule has 0 radical (unpaired) electrons. The lowest BCUT2D eigenvalue weighted by Gasteiger charge is -1.96. The third-order valence-corrected chi connectivity index (χ3v) is 6.76. The molecule has 4 nitrogen and oxygen atoms in total. The second-order valence-corrected chi connectivity index (χ2v) is 8.82. The summed E-state index contributed by atoms with van der Waals surface area (Å²) in [6, 6.07) is 5.77. The summed E-state index contributed by atoms with van der Waals surface area (Å²) in [7, 11) is -3.42. The van der Waals surface area contributed by atoms with Gasteiger partial charge in [-0.3, -0.25) is 0 Å². The van der Waals surface area contributed by atoms with Crippen LogP contribution in [0.4, 0.5) is 0 Å². The molecule has 20 heavy (non-hydrogen) atoms. The topological polar surface area (TPSA) is 59.9 Å². The molecule has 0 amide bonds. The molecule has 2 aromatic heterocycles. The van der Waals surface area contributed by atoms with Crippen molar-refractivity contribution in [2.75, 3.05) is 0 Å². The molecule has 0 saturated heterocycles. The molecule has 104 valence electrons. The smallest absolute Gasteiger partial charge is 0.211 e. The van der Waals surface area contributed by atoms with Crippen LogP contribution in [0.5, 0.6) is 0 Å². The highest BCUT2D eigenvalue weighted by molar-refractivity contribution is 7.92. The summed E-state index contributed by atoms with van der Waals surface area (Å²) in [5.41, 5.74) is 2.40. The van der Waals surface area contributed by atoms with E-state index >= 15 is 0 Å². The summed E-state index contributed by atoms with van der Waals surface area (Å²) < 4.78 is 25.8. The third-order valence-electron chi connectivity index (χ3n) is 2.79. The number of aryl methyl sites for hydroxylation is 2. The Morgan fingerprint density at radius 3 is 2.70 bits per heavy atom. The maximum Gasteiger partial charge on any atom is 0.211 e. The summed E-state index contributed by atoms with van der Waals surface area (Å²) in [5, 5.41) is 2.65. The Morgan fingerprint density at radius 1 is 1.20 bits per heavy atom. The number of rotatable bonds is 3. The van der Waals surface area contributed by atoms with Gasteiger partial charge in [-0.15, -0.1) is 22.7 Å². The van der Waals surface area contributed by atoms with Crippen LogP contribution in [0.25, 0.3) is 10.2 Å². The Labute approximate surface area is 125 Å². The van der Waals surface area contributed by atoms with Gasteiger partial charge in [-0.25, -0.2) is 18.4 Å². The molecule has 0 spiro atoms. The quantitative estimate of drug-likeness (QED) is 0.741. The fourth-order valence-corrected chi connectivity index (χ4v) is 5.13. The van der Waals surface area contributed by atoms with E-state index in [0.29, 0.717) is 5.69 Å². The molecule has 0 aliphatic heterocycles. The molecule has 0 atom stereocenters. The van der Waals surface area contributed by atoms with Crippen LogP contribution in [0.1, 0.15) is 16.3 Å². The minimum absolute atomic E-state index is 0.0872. The van der Waals surface area contributed by atoms with E-state index in [-0.39, 0.29) is 10.1 Å². The van der Waals surface area contributed by atoms with Crippen molar-refractivity contribution < 1.29 is 8.42 Å². The Hall–Kier alpha value is -1.31. The predicted octanol–water partition coefficient (Wildman–Crippen LogP) is 3.34. The van der Waals surface area contributed by atoms with Crippen molar-refractivity contribution in [3.8, 4) is 0 Å². The zero-order valence-electron chi connectivity index (χ0n) is 11.0. The maximum absolute atomic E-state index is 12.4. The zero-order chi connectivity index (χ0) is 14.3. The average molecular weight is 324 g/mol. The second kappa shape index (κ2) is 4.91. The molecule has 2 heterocycles. The van der Waals surface area contributed by atoms with Crippen LogP contribution >= 0.6 is 22.7 Å². The predicted molar refractivity (Wildman–Crippen MR) is 82.1 cm³/mol. The molecule has 0 aliphatic rings. The van der Waals surface area contributed by atoms with Crippen LogP contribution in [-0.4, -0.2) is 18.4 Å². The van der Waals surface area contributed by atoms with E-state index < -0.39 is 9.84 Å². The first-order chi connectivity index (χ1) is 9.44. The van der Waals surface area contributed by atoms with Crippen LogP contribution in [0.2, 0.25) is 0 Å². The van der Waals surface area contributed by atoms with Crippen molar-refractivity contribution in [2.45, 2.75) is 23.9 Å². The highest BCUT2D eigenvalue weighted by Gasteiger charge is 2.21. The molecule has 0 bridgehead atoms. The average Bonchev–Trinajstić information content (AvgIpc) is 2.95. The molecule has 0 unspecified atom stereocenters. The summed E-state index contributed by atoms with van der Waals surface area (Å²) in [5.74, 6) is -0.0872. The monoisotopic (exact) mass is 324 g/mol. The minimum Gasteiger partial charge on any atom is -0.246 e. The molecule has 7 heteroatoms. The summed E-state index contributed by atoms with van der Waals surface area (Å²) in [6.45, 7) is 3.83. The molecule has 0 fully saturated rings. The lowest BCUT2D eigenvalue weighted by molar-refractivity contribution is 0.594. The van der Waals surface area contributed by atoms with Crippen molar-refractivity contribution >= 4 is 42.7 Å². The number of thiazole rings is 2. The van der Waals surface area contributed by atoms with Gasteiger partial charge < -0.3 is 0 Å². The number of hydrogen-bond acceptors (Lipinski definition) is 6.